The van der Waals surface area contributed by atoms with Crippen LogP contribution in [0.4, 0.5) is 10.2 Å². The van der Waals surface area contributed by atoms with E-state index < -0.39 is 17.9 Å². The van der Waals surface area contributed by atoms with Crippen LogP contribution >= 0.6 is 22.9 Å². The molecule has 0 saturated carbocycles. The number of thiazole rings is 1. The second-order valence-electron chi connectivity index (χ2n) is 8.40. The molecule has 1 atom stereocenters. The third kappa shape index (κ3) is 6.84. The number of hydrogen-bond acceptors (Lipinski definition) is 7. The summed E-state index contributed by atoms with van der Waals surface area (Å²) >= 11 is 7.12. The van der Waals surface area contributed by atoms with Crippen LogP contribution < -0.4 is 16.0 Å². The van der Waals surface area contributed by atoms with E-state index in [9.17, 15) is 18.8 Å². The summed E-state index contributed by atoms with van der Waals surface area (Å²) in [5, 5.41) is 8.56. The number of aromatic nitrogens is 2. The Labute approximate surface area is 216 Å². The summed E-state index contributed by atoms with van der Waals surface area (Å²) < 4.78 is 13.3. The minimum Gasteiger partial charge on any atom is -0.346 e. The van der Waals surface area contributed by atoms with E-state index in [1.54, 1.807) is 12.1 Å². The average Bonchev–Trinajstić information content (AvgIpc) is 3.28. The molecule has 3 N–H and O–H groups in total. The number of carbonyl (C=O) groups is 3. The van der Waals surface area contributed by atoms with Crippen LogP contribution in [0.5, 0.6) is 0 Å². The molecule has 0 bridgehead atoms. The number of nitrogens with one attached hydrogen (secondary N) is 3. The van der Waals surface area contributed by atoms with Crippen molar-refractivity contribution in [1.82, 2.24) is 25.5 Å². The molecule has 2 aromatic heterocycles. The smallest absolute Gasteiger partial charge is 0.314 e. The Kier molecular flexibility index (Phi) is 8.24. The molecule has 3 heterocycles. The van der Waals surface area contributed by atoms with E-state index in [0.29, 0.717) is 16.5 Å². The van der Waals surface area contributed by atoms with Crippen LogP contribution in [0, 0.1) is 5.82 Å². The summed E-state index contributed by atoms with van der Waals surface area (Å²) in [4.78, 5) is 49.3. The van der Waals surface area contributed by atoms with Gasteiger partial charge >= 0.3 is 11.8 Å². The molecule has 9 nitrogen and oxygen atoms in total. The van der Waals surface area contributed by atoms with Crippen molar-refractivity contribution in [3.05, 3.63) is 74.6 Å². The van der Waals surface area contributed by atoms with Crippen LogP contribution in [0.25, 0.3) is 0 Å². The van der Waals surface area contributed by atoms with E-state index in [1.807, 2.05) is 7.05 Å². The lowest BCUT2D eigenvalue weighted by atomic mass is 10.1. The lowest BCUT2D eigenvalue weighted by molar-refractivity contribution is -0.136. The molecule has 1 aliphatic rings. The number of anilines is 1. The van der Waals surface area contributed by atoms with Crippen molar-refractivity contribution < 1.29 is 18.8 Å². The number of amides is 3. The van der Waals surface area contributed by atoms with E-state index in [1.165, 1.54) is 41.8 Å². The van der Waals surface area contributed by atoms with Gasteiger partial charge in [0.05, 0.1) is 16.8 Å². The van der Waals surface area contributed by atoms with Crippen LogP contribution in [0.2, 0.25) is 5.02 Å². The maximum absolute atomic E-state index is 13.3. The largest absolute Gasteiger partial charge is 0.346 e. The predicted octanol–water partition coefficient (Wildman–Crippen LogP) is 2.41. The lowest BCUT2D eigenvalue weighted by Gasteiger charge is -2.20. The van der Waals surface area contributed by atoms with Gasteiger partial charge in [-0.2, -0.15) is 0 Å². The number of fused-ring (bicyclic) bond motifs is 1. The van der Waals surface area contributed by atoms with Gasteiger partial charge in [0.2, 0.25) is 0 Å². The van der Waals surface area contributed by atoms with Gasteiger partial charge in [0, 0.05) is 37.1 Å². The Morgan fingerprint density at radius 1 is 1.17 bits per heavy atom. The zero-order chi connectivity index (χ0) is 25.7. The highest BCUT2D eigenvalue weighted by Crippen LogP contribution is 2.24. The summed E-state index contributed by atoms with van der Waals surface area (Å²) in [5.74, 6) is -2.37. The summed E-state index contributed by atoms with van der Waals surface area (Å²) in [6.07, 6.45) is 2.43. The SMILES string of the molecule is CN1CCc2nc(C(=O)NC(CNC(=O)C(=O)Nc3ccc(Cl)cn3)Cc3ccc(F)cc3)sc2C1. The van der Waals surface area contributed by atoms with Crippen LogP contribution in [0.15, 0.2) is 42.6 Å². The quantitative estimate of drug-likeness (QED) is 0.404. The number of likely N-dealkylation sites (N-methyl/N-ethyl adjacent to an activating group) is 1. The first kappa shape index (κ1) is 25.7. The number of pyridine rings is 1. The van der Waals surface area contributed by atoms with Crippen molar-refractivity contribution in [1.29, 1.82) is 0 Å². The number of halogens is 2. The van der Waals surface area contributed by atoms with Gasteiger partial charge in [-0.15, -0.1) is 11.3 Å². The molecule has 0 fully saturated rings. The van der Waals surface area contributed by atoms with Crippen LogP contribution in [0.1, 0.15) is 25.9 Å². The number of benzene rings is 1. The van der Waals surface area contributed by atoms with Gasteiger partial charge in [-0.25, -0.2) is 14.4 Å². The maximum atomic E-state index is 13.3. The molecular weight excluding hydrogens is 507 g/mol. The van der Waals surface area contributed by atoms with Crippen LogP contribution in [-0.4, -0.2) is 58.8 Å². The fourth-order valence-corrected chi connectivity index (χ4v) is 4.87. The number of carbonyl (C=O) groups excluding carboxylic acids is 3. The molecule has 0 aliphatic carbocycles. The number of hydrogen-bond donors (Lipinski definition) is 3. The molecule has 1 unspecified atom stereocenters. The first-order valence-electron chi connectivity index (χ1n) is 11.2. The van der Waals surface area contributed by atoms with Crippen molar-refractivity contribution in [2.75, 3.05) is 25.5 Å². The highest BCUT2D eigenvalue weighted by Gasteiger charge is 2.24. The summed E-state index contributed by atoms with van der Waals surface area (Å²) in [5.41, 5.74) is 1.69. The van der Waals surface area contributed by atoms with Crippen molar-refractivity contribution >= 4 is 46.5 Å². The molecule has 188 valence electrons. The number of nitrogens with zero attached hydrogens (tertiary/aromatic N) is 3. The fraction of sp³-hybridized carbons (Fsp3) is 0.292. The highest BCUT2D eigenvalue weighted by molar-refractivity contribution is 7.13. The Balaban J connectivity index is 1.41. The van der Waals surface area contributed by atoms with E-state index >= 15 is 0 Å². The standard InChI is InChI=1S/C24H24ClFN6O3S/c1-32-9-8-18-19(13-32)36-24(30-18)23(35)29-17(10-14-2-5-16(26)6-3-14)12-28-21(33)22(34)31-20-7-4-15(25)11-27-20/h2-7,11,17H,8-10,12-13H2,1H3,(H,28,33)(H,29,35)(H,27,31,34). The van der Waals surface area contributed by atoms with Gasteiger partial charge in [0.15, 0.2) is 5.01 Å². The van der Waals surface area contributed by atoms with Gasteiger partial charge < -0.3 is 20.9 Å². The minimum absolute atomic E-state index is 0.0305. The van der Waals surface area contributed by atoms with Crippen molar-refractivity contribution in [2.45, 2.75) is 25.4 Å². The molecular formula is C24H24ClFN6O3S. The van der Waals surface area contributed by atoms with Crippen molar-refractivity contribution in [2.24, 2.45) is 0 Å². The summed E-state index contributed by atoms with van der Waals surface area (Å²) in [6.45, 7) is 1.59. The minimum atomic E-state index is -0.909. The normalized spacial score (nSPS) is 14.0. The van der Waals surface area contributed by atoms with E-state index in [-0.39, 0.29) is 24.1 Å². The molecule has 36 heavy (non-hydrogen) atoms. The van der Waals surface area contributed by atoms with Gasteiger partial charge in [0.25, 0.3) is 5.91 Å². The molecule has 0 saturated heterocycles. The molecule has 0 radical (unpaired) electrons. The zero-order valence-corrected chi connectivity index (χ0v) is 21.0. The fourth-order valence-electron chi connectivity index (χ4n) is 3.67. The second-order valence-corrected chi connectivity index (χ2v) is 9.92. The molecule has 1 aliphatic heterocycles. The van der Waals surface area contributed by atoms with Crippen molar-refractivity contribution in [3.8, 4) is 0 Å². The molecule has 4 rings (SSSR count). The lowest BCUT2D eigenvalue weighted by Crippen LogP contribution is -2.47. The Morgan fingerprint density at radius 3 is 2.67 bits per heavy atom. The van der Waals surface area contributed by atoms with Gasteiger partial charge in [-0.05, 0) is 43.3 Å². The van der Waals surface area contributed by atoms with Gasteiger partial charge in [-0.3, -0.25) is 14.4 Å². The topological polar surface area (TPSA) is 116 Å². The maximum Gasteiger partial charge on any atom is 0.314 e. The second kappa shape index (κ2) is 11.5. The zero-order valence-electron chi connectivity index (χ0n) is 19.4. The Hall–Kier alpha value is -3.41. The molecule has 0 spiro atoms. The highest BCUT2D eigenvalue weighted by atomic mass is 35.5. The Bertz CT molecular complexity index is 1250. The monoisotopic (exact) mass is 530 g/mol. The summed E-state index contributed by atoms with van der Waals surface area (Å²) in [7, 11) is 2.02. The van der Waals surface area contributed by atoms with Gasteiger partial charge in [0.1, 0.15) is 11.6 Å². The number of rotatable bonds is 7. The van der Waals surface area contributed by atoms with Crippen LogP contribution in [-0.2, 0) is 29.0 Å². The van der Waals surface area contributed by atoms with E-state index in [0.717, 1.165) is 35.6 Å². The average molecular weight is 531 g/mol. The molecule has 3 aromatic rings. The third-order valence-corrected chi connectivity index (χ3v) is 6.84. The van der Waals surface area contributed by atoms with Crippen LogP contribution in [0.3, 0.4) is 0 Å². The first-order chi connectivity index (χ1) is 17.3. The predicted molar refractivity (Wildman–Crippen MR) is 134 cm³/mol. The Morgan fingerprint density at radius 2 is 1.94 bits per heavy atom. The van der Waals surface area contributed by atoms with E-state index in [2.05, 4.69) is 30.8 Å². The summed E-state index contributed by atoms with van der Waals surface area (Å²) in [6, 6.07) is 8.29. The van der Waals surface area contributed by atoms with Crippen molar-refractivity contribution in [3.63, 3.8) is 0 Å². The van der Waals surface area contributed by atoms with E-state index in [4.69, 9.17) is 11.6 Å². The molecule has 12 heteroatoms. The molecule has 1 aromatic carbocycles. The first-order valence-corrected chi connectivity index (χ1v) is 12.4. The third-order valence-electron chi connectivity index (χ3n) is 5.53. The molecule has 3 amide bonds. The van der Waals surface area contributed by atoms with Gasteiger partial charge in [-0.1, -0.05) is 23.7 Å².